The maximum atomic E-state index is 12.8. The number of fused-ring (bicyclic) bond motifs is 1. The first-order valence-corrected chi connectivity index (χ1v) is 9.22. The zero-order valence-corrected chi connectivity index (χ0v) is 15.2. The number of nitrogens with one attached hydrogen (secondary N) is 1. The number of amides is 3. The molecule has 3 heterocycles. The zero-order valence-electron chi connectivity index (χ0n) is 15.2. The molecule has 2 aromatic rings. The van der Waals surface area contributed by atoms with E-state index in [9.17, 15) is 14.4 Å². The first kappa shape index (κ1) is 17.5. The number of carbonyl (C=O) groups is 3. The van der Waals surface area contributed by atoms with Gasteiger partial charge in [0.05, 0.1) is 5.69 Å². The van der Waals surface area contributed by atoms with E-state index in [1.165, 1.54) is 0 Å². The molecule has 2 aliphatic rings. The van der Waals surface area contributed by atoms with Crippen molar-refractivity contribution in [2.24, 2.45) is 5.92 Å². The predicted octanol–water partition coefficient (Wildman–Crippen LogP) is 1.88. The Hall–Kier alpha value is -2.90. The van der Waals surface area contributed by atoms with Crippen molar-refractivity contribution in [1.29, 1.82) is 0 Å². The predicted molar refractivity (Wildman–Crippen MR) is 95.6 cm³/mol. The zero-order chi connectivity index (χ0) is 19.0. The van der Waals surface area contributed by atoms with Crippen LogP contribution in [0.25, 0.3) is 5.65 Å². The molecule has 0 unspecified atom stereocenters. The number of aromatic nitrogens is 2. The van der Waals surface area contributed by atoms with Crippen LogP contribution in [-0.4, -0.2) is 44.3 Å². The Labute approximate surface area is 156 Å². The monoisotopic (exact) mass is 370 g/mol. The number of ether oxygens (including phenoxy) is 1. The summed E-state index contributed by atoms with van der Waals surface area (Å²) in [4.78, 5) is 42.7. The summed E-state index contributed by atoms with van der Waals surface area (Å²) >= 11 is 0. The lowest BCUT2D eigenvalue weighted by molar-refractivity contribution is -0.149. The van der Waals surface area contributed by atoms with Gasteiger partial charge in [0, 0.05) is 12.4 Å². The Bertz CT molecular complexity index is 875. The summed E-state index contributed by atoms with van der Waals surface area (Å²) in [5.74, 6) is -0.887. The summed E-state index contributed by atoms with van der Waals surface area (Å²) in [5.41, 5.74) is 0.493. The number of imidazole rings is 1. The largest absolute Gasteiger partial charge is 0.458 e. The minimum atomic E-state index is -0.864. The molecule has 27 heavy (non-hydrogen) atoms. The Morgan fingerprint density at radius 3 is 3.00 bits per heavy atom. The van der Waals surface area contributed by atoms with Gasteiger partial charge in [0.25, 0.3) is 5.91 Å². The summed E-state index contributed by atoms with van der Waals surface area (Å²) < 4.78 is 7.06. The highest BCUT2D eigenvalue weighted by molar-refractivity contribution is 6.08. The Morgan fingerprint density at radius 2 is 2.22 bits per heavy atom. The van der Waals surface area contributed by atoms with Gasteiger partial charge in [-0.3, -0.25) is 14.5 Å². The normalized spacial score (nSPS) is 25.2. The third-order valence-corrected chi connectivity index (χ3v) is 5.58. The minimum Gasteiger partial charge on any atom is -0.458 e. The van der Waals surface area contributed by atoms with Gasteiger partial charge in [0.15, 0.2) is 0 Å². The van der Waals surface area contributed by atoms with Crippen LogP contribution in [0, 0.1) is 5.92 Å². The third kappa shape index (κ3) is 3.05. The molecule has 3 amide bonds. The average Bonchev–Trinajstić information content (AvgIpc) is 3.17. The first-order valence-electron chi connectivity index (χ1n) is 9.22. The maximum Gasteiger partial charge on any atom is 0.326 e. The molecule has 1 saturated heterocycles. The number of urea groups is 1. The van der Waals surface area contributed by atoms with Gasteiger partial charge in [-0.1, -0.05) is 25.8 Å². The molecule has 0 aromatic carbocycles. The molecule has 1 spiro atoms. The highest BCUT2D eigenvalue weighted by atomic mass is 16.5. The quantitative estimate of drug-likeness (QED) is 0.655. The number of rotatable bonds is 4. The van der Waals surface area contributed by atoms with Gasteiger partial charge in [0.1, 0.15) is 24.3 Å². The van der Waals surface area contributed by atoms with E-state index >= 15 is 0 Å². The minimum absolute atomic E-state index is 0.00823. The number of nitrogens with zero attached hydrogens (tertiary/aromatic N) is 3. The summed E-state index contributed by atoms with van der Waals surface area (Å²) in [6, 6.07) is 5.09. The molecule has 2 atom stereocenters. The smallest absolute Gasteiger partial charge is 0.326 e. The topological polar surface area (TPSA) is 93.0 Å². The standard InChI is InChI=1S/C19H22N4O4/c1-13-6-2-4-8-19(13)17(25)23(18(26)21-19)11-16(24)27-12-14-10-22-9-5-3-7-15(22)20-14/h3,5,7,9-10,13H,2,4,6,8,11-12H2,1H3,(H,21,26)/t13-,19-/m1/s1. The van der Waals surface area contributed by atoms with Crippen LogP contribution in [0.5, 0.6) is 0 Å². The lowest BCUT2D eigenvalue weighted by Gasteiger charge is -2.36. The van der Waals surface area contributed by atoms with Gasteiger partial charge < -0.3 is 14.5 Å². The SMILES string of the molecule is C[C@@H]1CCCC[C@@]12NC(=O)N(CC(=O)OCc1cn3ccccc3n1)C2=O. The second kappa shape index (κ2) is 6.68. The van der Waals surface area contributed by atoms with Crippen LogP contribution >= 0.6 is 0 Å². The number of imide groups is 1. The van der Waals surface area contributed by atoms with Crippen LogP contribution < -0.4 is 5.32 Å². The van der Waals surface area contributed by atoms with Crippen molar-refractivity contribution in [3.63, 3.8) is 0 Å². The van der Waals surface area contributed by atoms with E-state index in [0.29, 0.717) is 12.1 Å². The van der Waals surface area contributed by atoms with E-state index < -0.39 is 17.5 Å². The van der Waals surface area contributed by atoms with Crippen molar-refractivity contribution >= 4 is 23.6 Å². The number of esters is 1. The van der Waals surface area contributed by atoms with Gasteiger partial charge in [-0.2, -0.15) is 0 Å². The van der Waals surface area contributed by atoms with E-state index in [1.54, 1.807) is 6.20 Å². The summed E-state index contributed by atoms with van der Waals surface area (Å²) in [6.45, 7) is 1.58. The van der Waals surface area contributed by atoms with Crippen LogP contribution in [0.1, 0.15) is 38.3 Å². The number of carbonyl (C=O) groups excluding carboxylic acids is 3. The van der Waals surface area contributed by atoms with E-state index in [-0.39, 0.29) is 25.0 Å². The fourth-order valence-corrected chi connectivity index (χ4v) is 4.02. The highest BCUT2D eigenvalue weighted by Crippen LogP contribution is 2.38. The van der Waals surface area contributed by atoms with Crippen molar-refractivity contribution in [3.8, 4) is 0 Å². The van der Waals surface area contributed by atoms with Crippen molar-refractivity contribution in [2.45, 2.75) is 44.8 Å². The maximum absolute atomic E-state index is 12.8. The van der Waals surface area contributed by atoms with Crippen molar-refractivity contribution in [3.05, 3.63) is 36.3 Å². The number of hydrogen-bond acceptors (Lipinski definition) is 5. The van der Waals surface area contributed by atoms with Crippen LogP contribution in [0.4, 0.5) is 4.79 Å². The Morgan fingerprint density at radius 1 is 1.37 bits per heavy atom. The van der Waals surface area contributed by atoms with Gasteiger partial charge in [-0.05, 0) is 30.9 Å². The molecule has 8 nitrogen and oxygen atoms in total. The van der Waals surface area contributed by atoms with Gasteiger partial charge in [-0.25, -0.2) is 9.78 Å². The molecule has 2 fully saturated rings. The summed E-state index contributed by atoms with van der Waals surface area (Å²) in [6.07, 6.45) is 7.07. The second-order valence-electron chi connectivity index (χ2n) is 7.30. The van der Waals surface area contributed by atoms with E-state index in [2.05, 4.69) is 10.3 Å². The van der Waals surface area contributed by atoms with Crippen LogP contribution in [0.3, 0.4) is 0 Å². The van der Waals surface area contributed by atoms with Crippen LogP contribution in [-0.2, 0) is 20.9 Å². The van der Waals surface area contributed by atoms with Gasteiger partial charge in [0.2, 0.25) is 0 Å². The Balaban J connectivity index is 1.39. The highest BCUT2D eigenvalue weighted by Gasteiger charge is 2.55. The molecular formula is C19H22N4O4. The fraction of sp³-hybridized carbons (Fsp3) is 0.474. The van der Waals surface area contributed by atoms with Gasteiger partial charge in [-0.15, -0.1) is 0 Å². The van der Waals surface area contributed by atoms with Crippen LogP contribution in [0.15, 0.2) is 30.6 Å². The number of hydrogen-bond donors (Lipinski definition) is 1. The molecule has 8 heteroatoms. The molecule has 0 bridgehead atoms. The third-order valence-electron chi connectivity index (χ3n) is 5.58. The second-order valence-corrected chi connectivity index (χ2v) is 7.30. The summed E-state index contributed by atoms with van der Waals surface area (Å²) in [5, 5.41) is 2.83. The van der Waals surface area contributed by atoms with Crippen molar-refractivity contribution < 1.29 is 19.1 Å². The molecule has 1 aliphatic heterocycles. The van der Waals surface area contributed by atoms with E-state index in [1.807, 2.05) is 35.7 Å². The molecule has 142 valence electrons. The molecule has 2 aromatic heterocycles. The lowest BCUT2D eigenvalue weighted by atomic mass is 9.73. The molecule has 1 N–H and O–H groups in total. The number of pyridine rings is 1. The summed E-state index contributed by atoms with van der Waals surface area (Å²) in [7, 11) is 0. The molecule has 1 aliphatic carbocycles. The van der Waals surface area contributed by atoms with E-state index in [4.69, 9.17) is 4.74 Å². The first-order chi connectivity index (χ1) is 13.0. The lowest BCUT2D eigenvalue weighted by Crippen LogP contribution is -2.54. The molecular weight excluding hydrogens is 348 g/mol. The van der Waals surface area contributed by atoms with Crippen molar-refractivity contribution in [2.75, 3.05) is 6.54 Å². The Kier molecular flexibility index (Phi) is 4.33. The fourth-order valence-electron chi connectivity index (χ4n) is 4.02. The average molecular weight is 370 g/mol. The van der Waals surface area contributed by atoms with E-state index in [0.717, 1.165) is 29.8 Å². The van der Waals surface area contributed by atoms with Crippen molar-refractivity contribution in [1.82, 2.24) is 19.6 Å². The molecule has 4 rings (SSSR count). The molecule has 1 saturated carbocycles. The van der Waals surface area contributed by atoms with Gasteiger partial charge >= 0.3 is 12.0 Å². The van der Waals surface area contributed by atoms with Crippen LogP contribution in [0.2, 0.25) is 0 Å². The molecule has 0 radical (unpaired) electrons.